The molecule has 3 aromatic heterocycles. The lowest BCUT2D eigenvalue weighted by Gasteiger charge is -2.11. The number of unbranched alkanes of at least 4 members (excludes halogenated alkanes) is 1. The number of aliphatic hydroxyl groups is 1. The zero-order valence-corrected chi connectivity index (χ0v) is 16.2. The van der Waals surface area contributed by atoms with Crippen LogP contribution in [0.5, 0.6) is 0 Å². The molecule has 31 heavy (non-hydrogen) atoms. The molecule has 3 rings (SSSR count). The zero-order chi connectivity index (χ0) is 22.4. The van der Waals surface area contributed by atoms with E-state index in [-0.39, 0.29) is 23.6 Å². The summed E-state index contributed by atoms with van der Waals surface area (Å²) in [4.78, 5) is 14.8. The first-order chi connectivity index (χ1) is 14.7. The van der Waals surface area contributed by atoms with Crippen molar-refractivity contribution in [3.63, 3.8) is 0 Å². The molecule has 14 heteroatoms. The van der Waals surface area contributed by atoms with E-state index >= 15 is 0 Å². The van der Waals surface area contributed by atoms with Gasteiger partial charge in [0.15, 0.2) is 11.9 Å². The monoisotopic (exact) mass is 439 g/mol. The molecule has 0 radical (unpaired) electrons. The van der Waals surface area contributed by atoms with E-state index in [4.69, 9.17) is 5.73 Å². The number of rotatable bonds is 10. The maximum atomic E-state index is 12.7. The molecule has 1 amide bonds. The highest BCUT2D eigenvalue weighted by molar-refractivity contribution is 5.90. The quantitative estimate of drug-likeness (QED) is 0.308. The molecule has 4 N–H and O–H groups in total. The smallest absolute Gasteiger partial charge is 0.373 e. The standard InChI is InChI=1S/C17H20F3N9O2/c18-17(19,20)11-3-4-22-12(7-11)8-23-16(31)14-10-29(27-25-14)6-2-1-5-28-9-13(15(21)30)24-26-28/h3-4,7,9-10,16,23,31H,1-2,5-6,8H2,(H2,21,30). The summed E-state index contributed by atoms with van der Waals surface area (Å²) in [5.41, 5.74) is 4.77. The van der Waals surface area contributed by atoms with E-state index in [9.17, 15) is 23.1 Å². The Bertz CT molecular complexity index is 1020. The number of alkyl halides is 3. The lowest BCUT2D eigenvalue weighted by Crippen LogP contribution is -2.21. The number of amides is 1. The van der Waals surface area contributed by atoms with Gasteiger partial charge in [0.1, 0.15) is 5.69 Å². The van der Waals surface area contributed by atoms with Crippen molar-refractivity contribution in [2.75, 3.05) is 0 Å². The summed E-state index contributed by atoms with van der Waals surface area (Å²) in [6, 6.07) is 1.79. The van der Waals surface area contributed by atoms with Crippen molar-refractivity contribution in [2.45, 2.75) is 44.9 Å². The minimum absolute atomic E-state index is 0.0802. The van der Waals surface area contributed by atoms with Crippen LogP contribution in [-0.4, -0.2) is 46.0 Å². The van der Waals surface area contributed by atoms with E-state index < -0.39 is 23.9 Å². The van der Waals surface area contributed by atoms with Crippen LogP contribution in [-0.2, 0) is 25.8 Å². The number of carbonyl (C=O) groups is 1. The fourth-order valence-corrected chi connectivity index (χ4v) is 2.67. The Morgan fingerprint density at radius 2 is 1.84 bits per heavy atom. The van der Waals surface area contributed by atoms with Gasteiger partial charge in [-0.2, -0.15) is 13.2 Å². The minimum atomic E-state index is -4.46. The van der Waals surface area contributed by atoms with Crippen molar-refractivity contribution < 1.29 is 23.1 Å². The van der Waals surface area contributed by atoms with E-state index in [2.05, 4.69) is 30.9 Å². The molecule has 0 aliphatic heterocycles. The lowest BCUT2D eigenvalue weighted by molar-refractivity contribution is -0.137. The van der Waals surface area contributed by atoms with Crippen molar-refractivity contribution in [1.82, 2.24) is 40.3 Å². The maximum Gasteiger partial charge on any atom is 0.416 e. The minimum Gasteiger partial charge on any atom is -0.373 e. The average molecular weight is 439 g/mol. The third-order valence-electron chi connectivity index (χ3n) is 4.27. The van der Waals surface area contributed by atoms with Crippen molar-refractivity contribution >= 4 is 5.91 Å². The van der Waals surface area contributed by atoms with Crippen molar-refractivity contribution in [3.05, 3.63) is 53.4 Å². The summed E-state index contributed by atoms with van der Waals surface area (Å²) >= 11 is 0. The van der Waals surface area contributed by atoms with Gasteiger partial charge in [-0.15, -0.1) is 10.2 Å². The largest absolute Gasteiger partial charge is 0.416 e. The highest BCUT2D eigenvalue weighted by Gasteiger charge is 2.30. The van der Waals surface area contributed by atoms with Crippen molar-refractivity contribution in [3.8, 4) is 0 Å². The average Bonchev–Trinajstić information content (AvgIpc) is 3.39. The molecule has 0 saturated carbocycles. The van der Waals surface area contributed by atoms with Crippen LogP contribution in [0.4, 0.5) is 13.2 Å². The molecule has 3 heterocycles. The van der Waals surface area contributed by atoms with Gasteiger partial charge >= 0.3 is 6.18 Å². The Morgan fingerprint density at radius 3 is 2.48 bits per heavy atom. The highest BCUT2D eigenvalue weighted by Crippen LogP contribution is 2.29. The fourth-order valence-electron chi connectivity index (χ4n) is 2.67. The molecule has 1 atom stereocenters. The van der Waals surface area contributed by atoms with E-state index in [0.29, 0.717) is 19.5 Å². The predicted octanol–water partition coefficient (Wildman–Crippen LogP) is 0.643. The van der Waals surface area contributed by atoms with Crippen molar-refractivity contribution in [2.24, 2.45) is 5.73 Å². The molecule has 0 fully saturated rings. The summed E-state index contributed by atoms with van der Waals surface area (Å²) in [6.45, 7) is 0.978. The van der Waals surface area contributed by atoms with Gasteiger partial charge in [-0.25, -0.2) is 0 Å². The number of aliphatic hydroxyl groups excluding tert-OH is 1. The zero-order valence-electron chi connectivity index (χ0n) is 16.2. The number of hydrogen-bond acceptors (Lipinski definition) is 8. The Morgan fingerprint density at radius 1 is 1.16 bits per heavy atom. The third-order valence-corrected chi connectivity index (χ3v) is 4.27. The van der Waals surface area contributed by atoms with Crippen LogP contribution in [0.15, 0.2) is 30.7 Å². The molecule has 3 aromatic rings. The van der Waals surface area contributed by atoms with Gasteiger partial charge in [-0.1, -0.05) is 10.4 Å². The van der Waals surface area contributed by atoms with Gasteiger partial charge in [0.2, 0.25) is 0 Å². The summed E-state index contributed by atoms with van der Waals surface area (Å²) in [7, 11) is 0. The van der Waals surface area contributed by atoms with Gasteiger partial charge in [0.25, 0.3) is 5.91 Å². The van der Waals surface area contributed by atoms with E-state index in [1.165, 1.54) is 17.1 Å². The number of pyridine rings is 1. The number of halogens is 3. The molecule has 0 spiro atoms. The molecule has 11 nitrogen and oxygen atoms in total. The summed E-state index contributed by atoms with van der Waals surface area (Å²) in [5.74, 6) is -0.641. The van der Waals surface area contributed by atoms with E-state index in [0.717, 1.165) is 24.8 Å². The van der Waals surface area contributed by atoms with E-state index in [1.807, 2.05) is 0 Å². The predicted molar refractivity (Wildman–Crippen MR) is 98.8 cm³/mol. The van der Waals surface area contributed by atoms with Crippen molar-refractivity contribution in [1.29, 1.82) is 0 Å². The van der Waals surface area contributed by atoms with Crippen LogP contribution < -0.4 is 11.1 Å². The number of nitrogens with one attached hydrogen (secondary N) is 1. The van der Waals surface area contributed by atoms with Crippen LogP contribution in [0, 0.1) is 0 Å². The molecular formula is C17H20F3N9O2. The summed E-state index contributed by atoms with van der Waals surface area (Å²) < 4.78 is 41.3. The first-order valence-electron chi connectivity index (χ1n) is 9.26. The van der Waals surface area contributed by atoms with Crippen LogP contribution in [0.1, 0.15) is 46.5 Å². The Hall–Kier alpha value is -3.39. The molecule has 1 unspecified atom stereocenters. The SMILES string of the molecule is NC(=O)c1cn(CCCCn2cc(C(O)NCc3cc(C(F)(F)F)ccn3)nn2)nn1. The molecule has 166 valence electrons. The van der Waals surface area contributed by atoms with Crippen LogP contribution in [0.2, 0.25) is 0 Å². The molecular weight excluding hydrogens is 419 g/mol. The Kier molecular flexibility index (Phi) is 6.91. The number of aromatic nitrogens is 7. The van der Waals surface area contributed by atoms with Gasteiger partial charge in [-0.3, -0.25) is 24.5 Å². The van der Waals surface area contributed by atoms with E-state index in [1.54, 1.807) is 4.68 Å². The number of carbonyl (C=O) groups excluding carboxylic acids is 1. The van der Waals surface area contributed by atoms with Crippen LogP contribution in [0.25, 0.3) is 0 Å². The lowest BCUT2D eigenvalue weighted by atomic mass is 10.2. The van der Waals surface area contributed by atoms with Gasteiger partial charge in [0.05, 0.1) is 23.7 Å². The third kappa shape index (κ3) is 6.29. The second-order valence-corrected chi connectivity index (χ2v) is 6.66. The number of nitrogens with zero attached hydrogens (tertiary/aromatic N) is 7. The summed E-state index contributed by atoms with van der Waals surface area (Å²) in [5, 5.41) is 28.0. The topological polar surface area (TPSA) is 150 Å². The number of aryl methyl sites for hydroxylation is 2. The Labute approximate surface area is 174 Å². The molecule has 0 aliphatic carbocycles. The van der Waals surface area contributed by atoms with Gasteiger partial charge in [-0.05, 0) is 25.0 Å². The molecule has 0 saturated heterocycles. The highest BCUT2D eigenvalue weighted by atomic mass is 19.4. The fraction of sp³-hybridized carbons (Fsp3) is 0.412. The Balaban J connectivity index is 1.44. The number of primary amides is 1. The first kappa shape index (κ1) is 22.3. The molecule has 0 aliphatic rings. The van der Waals surface area contributed by atoms with Crippen LogP contribution >= 0.6 is 0 Å². The molecule has 0 bridgehead atoms. The number of hydrogen-bond donors (Lipinski definition) is 3. The first-order valence-corrected chi connectivity index (χ1v) is 9.26. The second-order valence-electron chi connectivity index (χ2n) is 6.66. The number of nitrogens with two attached hydrogens (primary N) is 1. The molecule has 0 aromatic carbocycles. The normalized spacial score (nSPS) is 12.8. The maximum absolute atomic E-state index is 12.7. The van der Waals surface area contributed by atoms with Crippen LogP contribution in [0.3, 0.4) is 0 Å². The van der Waals surface area contributed by atoms with Gasteiger partial charge in [0, 0.05) is 25.8 Å². The summed E-state index contributed by atoms with van der Waals surface area (Å²) in [6.07, 6.45) is -0.166. The van der Waals surface area contributed by atoms with Gasteiger partial charge < -0.3 is 10.8 Å². The second kappa shape index (κ2) is 9.61.